The molecular weight excluding hydrogens is 889 g/mol. The molecule has 0 aliphatic carbocycles. The van der Waals surface area contributed by atoms with Gasteiger partial charge in [0.2, 0.25) is 0 Å². The molecule has 0 spiro atoms. The highest BCUT2D eigenvalue weighted by molar-refractivity contribution is 5.71. The van der Waals surface area contributed by atoms with Crippen LogP contribution < -0.4 is 0 Å². The van der Waals surface area contributed by atoms with Gasteiger partial charge >= 0.3 is 17.9 Å². The van der Waals surface area contributed by atoms with Gasteiger partial charge in [0.05, 0.1) is 0 Å². The standard InChI is InChI=1S/C66H128O6/c1-6-8-9-10-11-12-13-14-15-16-17-22-25-28-31-38-43-48-53-58-66(69)72-63(60-71-65(68)57-52-47-42-37-33-32-35-40-45-50-55-62(5)7-2)59-70-64(67)56-51-46-41-36-30-27-24-21-19-18-20-23-26-29-34-39-44-49-54-61(3)4/h61-63H,6-60H2,1-5H3/t62?,63-/m1/s1. The minimum absolute atomic E-state index is 0.0619. The molecule has 72 heavy (non-hydrogen) atoms. The summed E-state index contributed by atoms with van der Waals surface area (Å²) in [5.74, 6) is 0.898. The third kappa shape index (κ3) is 57.7. The molecule has 0 aliphatic heterocycles. The molecule has 0 rings (SSSR count). The van der Waals surface area contributed by atoms with Crippen LogP contribution in [0.3, 0.4) is 0 Å². The van der Waals surface area contributed by atoms with E-state index in [9.17, 15) is 14.4 Å². The molecule has 428 valence electrons. The summed E-state index contributed by atoms with van der Waals surface area (Å²) in [6.45, 7) is 11.5. The average Bonchev–Trinajstić information content (AvgIpc) is 3.37. The zero-order valence-electron chi connectivity index (χ0n) is 49.6. The van der Waals surface area contributed by atoms with Gasteiger partial charge in [0.25, 0.3) is 0 Å². The van der Waals surface area contributed by atoms with E-state index >= 15 is 0 Å². The van der Waals surface area contributed by atoms with E-state index in [0.29, 0.717) is 19.3 Å². The van der Waals surface area contributed by atoms with Crippen molar-refractivity contribution >= 4 is 17.9 Å². The lowest BCUT2D eigenvalue weighted by molar-refractivity contribution is -0.167. The van der Waals surface area contributed by atoms with E-state index in [1.165, 1.54) is 263 Å². The lowest BCUT2D eigenvalue weighted by Crippen LogP contribution is -2.30. The molecule has 0 heterocycles. The average molecular weight is 1020 g/mol. The summed E-state index contributed by atoms with van der Waals surface area (Å²) in [4.78, 5) is 38.3. The molecule has 6 nitrogen and oxygen atoms in total. The van der Waals surface area contributed by atoms with E-state index in [-0.39, 0.29) is 31.1 Å². The normalized spacial score (nSPS) is 12.4. The number of hydrogen-bond donors (Lipinski definition) is 0. The number of hydrogen-bond acceptors (Lipinski definition) is 6. The van der Waals surface area contributed by atoms with Gasteiger partial charge in [0, 0.05) is 19.3 Å². The van der Waals surface area contributed by atoms with Gasteiger partial charge in [0.15, 0.2) is 6.10 Å². The largest absolute Gasteiger partial charge is 0.462 e. The summed E-state index contributed by atoms with van der Waals surface area (Å²) in [5, 5.41) is 0. The van der Waals surface area contributed by atoms with E-state index in [2.05, 4.69) is 34.6 Å². The van der Waals surface area contributed by atoms with E-state index in [4.69, 9.17) is 14.2 Å². The maximum Gasteiger partial charge on any atom is 0.306 e. The molecule has 1 unspecified atom stereocenters. The summed E-state index contributed by atoms with van der Waals surface area (Å²) in [6.07, 6.45) is 65.3. The summed E-state index contributed by atoms with van der Waals surface area (Å²) in [5.41, 5.74) is 0. The van der Waals surface area contributed by atoms with E-state index in [1.54, 1.807) is 0 Å². The minimum Gasteiger partial charge on any atom is -0.462 e. The molecule has 0 N–H and O–H groups in total. The first-order valence-electron chi connectivity index (χ1n) is 32.8. The molecule has 0 aliphatic rings. The Kier molecular flexibility index (Phi) is 57.4. The molecule has 6 heteroatoms. The van der Waals surface area contributed by atoms with Gasteiger partial charge < -0.3 is 14.2 Å². The second kappa shape index (κ2) is 58.7. The van der Waals surface area contributed by atoms with Gasteiger partial charge in [-0.2, -0.15) is 0 Å². The molecule has 0 amide bonds. The van der Waals surface area contributed by atoms with Crippen LogP contribution >= 0.6 is 0 Å². The number of carbonyl (C=O) groups excluding carboxylic acids is 3. The molecule has 0 aromatic carbocycles. The molecule has 0 aromatic heterocycles. The Morgan fingerprint density at radius 2 is 0.528 bits per heavy atom. The molecule has 0 aromatic rings. The molecular formula is C66H128O6. The van der Waals surface area contributed by atoms with Gasteiger partial charge in [0.1, 0.15) is 13.2 Å². The van der Waals surface area contributed by atoms with Crippen LogP contribution in [0.4, 0.5) is 0 Å². The minimum atomic E-state index is -0.764. The smallest absolute Gasteiger partial charge is 0.306 e. The van der Waals surface area contributed by atoms with E-state index < -0.39 is 6.10 Å². The Balaban J connectivity index is 4.26. The molecule has 2 atom stereocenters. The fraction of sp³-hybridized carbons (Fsp3) is 0.955. The van der Waals surface area contributed by atoms with Crippen molar-refractivity contribution in [1.29, 1.82) is 0 Å². The fourth-order valence-corrected chi connectivity index (χ4v) is 10.3. The SMILES string of the molecule is CCCCCCCCCCCCCCCCCCCCCC(=O)O[C@H](COC(=O)CCCCCCCCCCCCCCCCCCCCC(C)C)COC(=O)CCCCCCCCCCCCC(C)CC. The number of carbonyl (C=O) groups is 3. The fourth-order valence-electron chi connectivity index (χ4n) is 10.3. The Morgan fingerprint density at radius 3 is 0.792 bits per heavy atom. The van der Waals surface area contributed by atoms with Crippen molar-refractivity contribution in [2.24, 2.45) is 11.8 Å². The zero-order valence-corrected chi connectivity index (χ0v) is 49.6. The third-order valence-electron chi connectivity index (χ3n) is 15.6. The molecule has 0 bridgehead atoms. The summed E-state index contributed by atoms with van der Waals surface area (Å²) in [6, 6.07) is 0. The number of ether oxygens (including phenoxy) is 3. The first-order valence-corrected chi connectivity index (χ1v) is 32.8. The van der Waals surface area contributed by atoms with Gasteiger partial charge in [-0.3, -0.25) is 14.4 Å². The highest BCUT2D eigenvalue weighted by atomic mass is 16.6. The monoisotopic (exact) mass is 1020 g/mol. The van der Waals surface area contributed by atoms with Crippen LogP contribution in [0.25, 0.3) is 0 Å². The van der Waals surface area contributed by atoms with Crippen molar-refractivity contribution in [3.8, 4) is 0 Å². The first kappa shape index (κ1) is 70.4. The lowest BCUT2D eigenvalue weighted by atomic mass is 9.99. The van der Waals surface area contributed by atoms with Crippen LogP contribution in [0.15, 0.2) is 0 Å². The summed E-state index contributed by atoms with van der Waals surface area (Å²) >= 11 is 0. The predicted molar refractivity (Wildman–Crippen MR) is 312 cm³/mol. The van der Waals surface area contributed by atoms with Gasteiger partial charge in [-0.05, 0) is 31.1 Å². The summed E-state index contributed by atoms with van der Waals surface area (Å²) < 4.78 is 17.0. The van der Waals surface area contributed by atoms with Crippen molar-refractivity contribution in [3.63, 3.8) is 0 Å². The topological polar surface area (TPSA) is 78.9 Å². The lowest BCUT2D eigenvalue weighted by Gasteiger charge is -2.18. The number of unbranched alkanes of at least 4 members (excludes halogenated alkanes) is 44. The Morgan fingerprint density at radius 1 is 0.292 bits per heavy atom. The van der Waals surface area contributed by atoms with Crippen molar-refractivity contribution < 1.29 is 28.6 Å². The number of rotatable bonds is 60. The highest BCUT2D eigenvalue weighted by Crippen LogP contribution is 2.19. The summed E-state index contributed by atoms with van der Waals surface area (Å²) in [7, 11) is 0. The maximum absolute atomic E-state index is 12.9. The quantitative estimate of drug-likeness (QED) is 0.0343. The highest BCUT2D eigenvalue weighted by Gasteiger charge is 2.19. The molecule has 0 saturated carbocycles. The van der Waals surface area contributed by atoms with Crippen LogP contribution in [-0.4, -0.2) is 37.2 Å². The maximum atomic E-state index is 12.9. The van der Waals surface area contributed by atoms with Crippen molar-refractivity contribution in [3.05, 3.63) is 0 Å². The van der Waals surface area contributed by atoms with Crippen LogP contribution in [-0.2, 0) is 28.6 Å². The Bertz CT molecular complexity index is 1110. The zero-order chi connectivity index (χ0) is 52.5. The van der Waals surface area contributed by atoms with Gasteiger partial charge in [-0.25, -0.2) is 0 Å². The second-order valence-electron chi connectivity index (χ2n) is 23.5. The van der Waals surface area contributed by atoms with E-state index in [0.717, 1.165) is 69.6 Å². The molecule has 0 fully saturated rings. The van der Waals surface area contributed by atoms with E-state index in [1.807, 2.05) is 0 Å². The van der Waals surface area contributed by atoms with Gasteiger partial charge in [-0.1, -0.05) is 336 Å². The van der Waals surface area contributed by atoms with Gasteiger partial charge in [-0.15, -0.1) is 0 Å². The van der Waals surface area contributed by atoms with Crippen molar-refractivity contribution in [2.45, 2.75) is 381 Å². The molecule has 0 radical (unpaired) electrons. The van der Waals surface area contributed by atoms with Crippen LogP contribution in [0, 0.1) is 11.8 Å². The van der Waals surface area contributed by atoms with Crippen LogP contribution in [0.5, 0.6) is 0 Å². The van der Waals surface area contributed by atoms with Crippen LogP contribution in [0.1, 0.15) is 375 Å². The number of esters is 3. The van der Waals surface area contributed by atoms with Crippen LogP contribution in [0.2, 0.25) is 0 Å². The Hall–Kier alpha value is -1.59. The second-order valence-corrected chi connectivity index (χ2v) is 23.5. The first-order chi connectivity index (χ1) is 35.3. The molecule has 0 saturated heterocycles. The predicted octanol–water partition coefficient (Wildman–Crippen LogP) is 22.0. The van der Waals surface area contributed by atoms with Crippen molar-refractivity contribution in [1.82, 2.24) is 0 Å². The third-order valence-corrected chi connectivity index (χ3v) is 15.6. The Labute approximate surface area is 450 Å². The van der Waals surface area contributed by atoms with Crippen molar-refractivity contribution in [2.75, 3.05) is 13.2 Å².